The minimum absolute atomic E-state index is 0.141. The number of fused-ring (bicyclic) bond motifs is 1. The van der Waals surface area contributed by atoms with E-state index in [1.54, 1.807) is 0 Å². The molecule has 0 aliphatic rings. The fraction of sp³-hybridized carbons (Fsp3) is 0.176. The maximum absolute atomic E-state index is 12.3. The van der Waals surface area contributed by atoms with Crippen LogP contribution >= 0.6 is 0 Å². The van der Waals surface area contributed by atoms with E-state index < -0.39 is 0 Å². The fourth-order valence-electron chi connectivity index (χ4n) is 2.35. The summed E-state index contributed by atoms with van der Waals surface area (Å²) < 4.78 is 1.93. The smallest absolute Gasteiger partial charge is 0.272 e. The molecule has 0 fully saturated rings. The van der Waals surface area contributed by atoms with E-state index in [9.17, 15) is 4.79 Å². The van der Waals surface area contributed by atoms with Gasteiger partial charge in [-0.15, -0.1) is 0 Å². The number of amides is 1. The number of rotatable bonds is 3. The summed E-state index contributed by atoms with van der Waals surface area (Å²) in [7, 11) is 0. The molecule has 0 atom stereocenters. The number of carbonyl (C=O) groups excluding carboxylic acids is 1. The van der Waals surface area contributed by atoms with Crippen molar-refractivity contribution in [1.29, 1.82) is 0 Å². The lowest BCUT2D eigenvalue weighted by molar-refractivity contribution is 0.0946. The molecule has 1 N–H and O–H groups in total. The molecule has 0 saturated heterocycles. The summed E-state index contributed by atoms with van der Waals surface area (Å²) in [5.74, 6) is -0.141. The number of aromatic nitrogens is 2. The molecule has 1 aromatic carbocycles. The molecule has 3 aromatic rings. The average molecular weight is 279 g/mol. The topological polar surface area (TPSA) is 46.4 Å². The number of carbonyl (C=O) groups is 1. The molecule has 0 radical (unpaired) electrons. The Morgan fingerprint density at radius 2 is 1.95 bits per heavy atom. The van der Waals surface area contributed by atoms with Crippen LogP contribution in [0.25, 0.3) is 5.65 Å². The number of nitrogens with one attached hydrogen (secondary N) is 1. The highest BCUT2D eigenvalue weighted by Gasteiger charge is 2.15. The number of pyridine rings is 1. The number of nitrogens with zero attached hydrogens (tertiary/aromatic N) is 2. The molecule has 0 bridgehead atoms. The monoisotopic (exact) mass is 279 g/mol. The van der Waals surface area contributed by atoms with Gasteiger partial charge in [0.1, 0.15) is 11.3 Å². The summed E-state index contributed by atoms with van der Waals surface area (Å²) in [5, 5.41) is 2.92. The van der Waals surface area contributed by atoms with Crippen molar-refractivity contribution in [1.82, 2.24) is 14.7 Å². The fourth-order valence-corrected chi connectivity index (χ4v) is 2.35. The summed E-state index contributed by atoms with van der Waals surface area (Å²) in [5.41, 5.74) is 4.34. The third-order valence-electron chi connectivity index (χ3n) is 3.53. The molecule has 1 amide bonds. The van der Waals surface area contributed by atoms with E-state index in [2.05, 4.69) is 10.3 Å². The molecule has 4 nitrogen and oxygen atoms in total. The van der Waals surface area contributed by atoms with E-state index in [0.29, 0.717) is 12.2 Å². The van der Waals surface area contributed by atoms with Crippen LogP contribution in [0.15, 0.2) is 48.7 Å². The van der Waals surface area contributed by atoms with Crippen LogP contribution in [0.1, 0.15) is 27.3 Å². The second kappa shape index (κ2) is 5.40. The summed E-state index contributed by atoms with van der Waals surface area (Å²) in [6.45, 7) is 4.43. The van der Waals surface area contributed by atoms with Crippen molar-refractivity contribution < 1.29 is 4.79 Å². The van der Waals surface area contributed by atoms with Gasteiger partial charge in [0.05, 0.1) is 5.69 Å². The highest BCUT2D eigenvalue weighted by Crippen LogP contribution is 2.13. The first-order chi connectivity index (χ1) is 10.1. The lowest BCUT2D eigenvalue weighted by atomic mass is 10.2. The molecule has 0 aliphatic carbocycles. The Balaban J connectivity index is 1.83. The van der Waals surface area contributed by atoms with Crippen LogP contribution in [0.4, 0.5) is 0 Å². The Morgan fingerprint density at radius 1 is 1.19 bits per heavy atom. The van der Waals surface area contributed by atoms with Crippen molar-refractivity contribution in [2.24, 2.45) is 0 Å². The molecule has 2 heterocycles. The molecule has 0 spiro atoms. The highest BCUT2D eigenvalue weighted by atomic mass is 16.1. The lowest BCUT2D eigenvalue weighted by Gasteiger charge is -2.04. The second-order valence-electron chi connectivity index (χ2n) is 5.15. The van der Waals surface area contributed by atoms with Gasteiger partial charge in [-0.3, -0.25) is 4.79 Å². The molecule has 0 saturated carbocycles. The molecule has 0 unspecified atom stereocenters. The minimum Gasteiger partial charge on any atom is -0.347 e. The van der Waals surface area contributed by atoms with Crippen molar-refractivity contribution in [3.63, 3.8) is 0 Å². The SMILES string of the molecule is Cc1ccn2c(C)c(C(=O)NCc3ccccc3)nc2c1. The predicted octanol–water partition coefficient (Wildman–Crippen LogP) is 2.88. The summed E-state index contributed by atoms with van der Waals surface area (Å²) in [4.78, 5) is 16.7. The summed E-state index contributed by atoms with van der Waals surface area (Å²) >= 11 is 0. The van der Waals surface area contributed by atoms with Gasteiger partial charge in [0.15, 0.2) is 0 Å². The second-order valence-corrected chi connectivity index (χ2v) is 5.15. The van der Waals surface area contributed by atoms with Crippen LogP contribution in [0.5, 0.6) is 0 Å². The minimum atomic E-state index is -0.141. The Hall–Kier alpha value is -2.62. The van der Waals surface area contributed by atoms with Gasteiger partial charge in [0.2, 0.25) is 0 Å². The van der Waals surface area contributed by atoms with Crippen molar-refractivity contribution in [2.45, 2.75) is 20.4 Å². The molecule has 21 heavy (non-hydrogen) atoms. The Kier molecular flexibility index (Phi) is 3.44. The van der Waals surface area contributed by atoms with Gasteiger partial charge in [0, 0.05) is 12.7 Å². The van der Waals surface area contributed by atoms with Crippen molar-refractivity contribution in [3.8, 4) is 0 Å². The van der Waals surface area contributed by atoms with Gasteiger partial charge in [0.25, 0.3) is 5.91 Å². The molecule has 2 aromatic heterocycles. The molecule has 106 valence electrons. The van der Waals surface area contributed by atoms with E-state index >= 15 is 0 Å². The molecular formula is C17H17N3O. The summed E-state index contributed by atoms with van der Waals surface area (Å²) in [6.07, 6.45) is 1.95. The van der Waals surface area contributed by atoms with Crippen molar-refractivity contribution in [2.75, 3.05) is 0 Å². The predicted molar refractivity (Wildman–Crippen MR) is 82.3 cm³/mol. The van der Waals surface area contributed by atoms with Gasteiger partial charge in [-0.05, 0) is 37.1 Å². The van der Waals surface area contributed by atoms with E-state index in [4.69, 9.17) is 0 Å². The van der Waals surface area contributed by atoms with Crippen LogP contribution < -0.4 is 5.32 Å². The quantitative estimate of drug-likeness (QED) is 0.801. The van der Waals surface area contributed by atoms with Crippen LogP contribution in [0.3, 0.4) is 0 Å². The maximum Gasteiger partial charge on any atom is 0.272 e. The zero-order chi connectivity index (χ0) is 14.8. The van der Waals surface area contributed by atoms with Crippen LogP contribution in [0, 0.1) is 13.8 Å². The van der Waals surface area contributed by atoms with Gasteiger partial charge in [-0.1, -0.05) is 30.3 Å². The van der Waals surface area contributed by atoms with Gasteiger partial charge in [-0.25, -0.2) is 4.98 Å². The molecule has 4 heteroatoms. The molecular weight excluding hydrogens is 262 g/mol. The van der Waals surface area contributed by atoms with E-state index in [1.807, 2.05) is 66.9 Å². The first-order valence-electron chi connectivity index (χ1n) is 6.92. The number of imidazole rings is 1. The molecule has 0 aliphatic heterocycles. The van der Waals surface area contributed by atoms with Gasteiger partial charge >= 0.3 is 0 Å². The van der Waals surface area contributed by atoms with Gasteiger partial charge < -0.3 is 9.72 Å². The van der Waals surface area contributed by atoms with Crippen LogP contribution in [-0.4, -0.2) is 15.3 Å². The lowest BCUT2D eigenvalue weighted by Crippen LogP contribution is -2.23. The van der Waals surface area contributed by atoms with Crippen LogP contribution in [-0.2, 0) is 6.54 Å². The Labute approximate surface area is 123 Å². The van der Waals surface area contributed by atoms with E-state index in [1.165, 1.54) is 0 Å². The van der Waals surface area contributed by atoms with Crippen molar-refractivity contribution in [3.05, 3.63) is 71.2 Å². The number of hydrogen-bond acceptors (Lipinski definition) is 2. The molecule has 3 rings (SSSR count). The number of benzene rings is 1. The number of aryl methyl sites for hydroxylation is 2. The first kappa shape index (κ1) is 13.4. The normalized spacial score (nSPS) is 10.8. The van der Waals surface area contributed by atoms with E-state index in [-0.39, 0.29) is 5.91 Å². The largest absolute Gasteiger partial charge is 0.347 e. The summed E-state index contributed by atoms with van der Waals surface area (Å²) in [6, 6.07) is 13.8. The zero-order valence-corrected chi connectivity index (χ0v) is 12.1. The highest BCUT2D eigenvalue weighted by molar-refractivity contribution is 5.94. The third kappa shape index (κ3) is 2.65. The Bertz CT molecular complexity index is 790. The average Bonchev–Trinajstić information content (AvgIpc) is 2.82. The first-order valence-corrected chi connectivity index (χ1v) is 6.92. The standard InChI is InChI=1S/C17H17N3O/c1-12-8-9-20-13(2)16(19-15(20)10-12)17(21)18-11-14-6-4-3-5-7-14/h3-10H,11H2,1-2H3,(H,18,21). The Morgan fingerprint density at radius 3 is 2.71 bits per heavy atom. The van der Waals surface area contributed by atoms with E-state index in [0.717, 1.165) is 22.5 Å². The third-order valence-corrected chi connectivity index (χ3v) is 3.53. The number of hydrogen-bond donors (Lipinski definition) is 1. The zero-order valence-electron chi connectivity index (χ0n) is 12.1. The van der Waals surface area contributed by atoms with Gasteiger partial charge in [-0.2, -0.15) is 0 Å². The maximum atomic E-state index is 12.3. The van der Waals surface area contributed by atoms with Crippen molar-refractivity contribution >= 4 is 11.6 Å². The van der Waals surface area contributed by atoms with Crippen LogP contribution in [0.2, 0.25) is 0 Å².